The Bertz CT molecular complexity index is 981. The maximum atomic E-state index is 13.8. The van der Waals surface area contributed by atoms with Crippen molar-refractivity contribution < 1.29 is 44.7 Å². The van der Waals surface area contributed by atoms with Crippen LogP contribution in [0.15, 0.2) is 0 Å². The monoisotopic (exact) mass is 517 g/mol. The Morgan fingerprint density at radius 1 is 1.11 bits per heavy atom. The number of alkyl halides is 8. The molecule has 7 nitrogen and oxygen atoms in total. The number of fused-ring (bicyclic) bond motifs is 1. The molecule has 15 heteroatoms. The first-order valence-electron chi connectivity index (χ1n) is 10.7. The van der Waals surface area contributed by atoms with Crippen molar-refractivity contribution in [3.05, 3.63) is 22.8 Å². The molecule has 1 aromatic heterocycles. The number of hydrogen-bond donors (Lipinski definition) is 1. The first kappa shape index (κ1) is 27.0. The topological polar surface area (TPSA) is 92.4 Å². The van der Waals surface area contributed by atoms with E-state index in [9.17, 15) is 44.7 Å². The van der Waals surface area contributed by atoms with Gasteiger partial charge in [-0.15, -0.1) is 0 Å². The Hall–Kier alpha value is -2.58. The van der Waals surface area contributed by atoms with E-state index in [2.05, 4.69) is 9.97 Å². The summed E-state index contributed by atoms with van der Waals surface area (Å²) in [7, 11) is 0. The molecular weight excluding hydrogens is 494 g/mol. The molecule has 2 amide bonds. The molecule has 0 aromatic carbocycles. The van der Waals surface area contributed by atoms with E-state index in [1.54, 1.807) is 0 Å². The molecule has 3 heterocycles. The maximum absolute atomic E-state index is 13.8. The van der Waals surface area contributed by atoms with Crippen LogP contribution in [0.5, 0.6) is 0 Å². The van der Waals surface area contributed by atoms with Crippen LogP contribution in [0, 0.1) is 5.92 Å². The summed E-state index contributed by atoms with van der Waals surface area (Å²) in [5.74, 6) is -8.58. The first-order valence-corrected chi connectivity index (χ1v) is 10.7. The molecule has 0 spiro atoms. The van der Waals surface area contributed by atoms with Gasteiger partial charge in [-0.2, -0.15) is 35.1 Å². The molecule has 196 valence electrons. The normalized spacial score (nSPS) is 20.6. The lowest BCUT2D eigenvalue weighted by Crippen LogP contribution is -2.48. The van der Waals surface area contributed by atoms with Gasteiger partial charge in [-0.05, 0) is 18.8 Å². The number of piperidine rings is 1. The van der Waals surface area contributed by atoms with Crippen molar-refractivity contribution in [3.8, 4) is 0 Å². The fraction of sp³-hybridized carbons (Fsp3) is 0.700. The van der Waals surface area contributed by atoms with Gasteiger partial charge >= 0.3 is 18.3 Å². The molecule has 1 fully saturated rings. The van der Waals surface area contributed by atoms with Gasteiger partial charge in [0.25, 0.3) is 0 Å². The van der Waals surface area contributed by atoms with Crippen molar-refractivity contribution in [3.63, 3.8) is 0 Å². The smallest absolute Gasteiger partial charge is 0.341 e. The van der Waals surface area contributed by atoms with Crippen LogP contribution in [-0.4, -0.2) is 63.4 Å². The minimum atomic E-state index is -6.22. The van der Waals surface area contributed by atoms with Gasteiger partial charge in [-0.1, -0.05) is 6.92 Å². The summed E-state index contributed by atoms with van der Waals surface area (Å²) >= 11 is 0. The fourth-order valence-electron chi connectivity index (χ4n) is 4.12. The first-order chi connectivity index (χ1) is 16.0. The summed E-state index contributed by atoms with van der Waals surface area (Å²) in [6, 6.07) is -0.806. The summed E-state index contributed by atoms with van der Waals surface area (Å²) in [4.78, 5) is 32.8. The number of rotatable bonds is 5. The number of hydrogen-bond acceptors (Lipinski definition) is 5. The van der Waals surface area contributed by atoms with Gasteiger partial charge < -0.3 is 15.5 Å². The summed E-state index contributed by atoms with van der Waals surface area (Å²) < 4.78 is 106. The minimum Gasteiger partial charge on any atom is -0.341 e. The third kappa shape index (κ3) is 5.81. The molecule has 2 aliphatic heterocycles. The molecular formula is C20H23F8N5O2. The van der Waals surface area contributed by atoms with Gasteiger partial charge in [0, 0.05) is 44.1 Å². The van der Waals surface area contributed by atoms with Crippen LogP contribution in [0.2, 0.25) is 0 Å². The second kappa shape index (κ2) is 9.47. The average molecular weight is 517 g/mol. The van der Waals surface area contributed by atoms with E-state index in [0.717, 1.165) is 11.3 Å². The van der Waals surface area contributed by atoms with Crippen LogP contribution in [-0.2, 0) is 34.7 Å². The molecule has 0 unspecified atom stereocenters. The predicted molar refractivity (Wildman–Crippen MR) is 104 cm³/mol. The highest BCUT2D eigenvalue weighted by Gasteiger charge is 2.62. The van der Waals surface area contributed by atoms with Gasteiger partial charge in [0.15, 0.2) is 5.69 Å². The van der Waals surface area contributed by atoms with Crippen LogP contribution in [0.25, 0.3) is 0 Å². The maximum Gasteiger partial charge on any atom is 0.461 e. The second-order valence-electron chi connectivity index (χ2n) is 8.86. The van der Waals surface area contributed by atoms with E-state index in [1.165, 1.54) is 4.90 Å². The van der Waals surface area contributed by atoms with Crippen LogP contribution >= 0.6 is 0 Å². The van der Waals surface area contributed by atoms with Gasteiger partial charge in [-0.3, -0.25) is 9.59 Å². The molecule has 0 saturated carbocycles. The zero-order chi connectivity index (χ0) is 26.3. The molecule has 0 aliphatic carbocycles. The lowest BCUT2D eigenvalue weighted by Gasteiger charge is -2.34. The number of amides is 2. The van der Waals surface area contributed by atoms with E-state index in [0.29, 0.717) is 13.0 Å². The Morgan fingerprint density at radius 2 is 1.77 bits per heavy atom. The fourth-order valence-corrected chi connectivity index (χ4v) is 4.12. The second-order valence-corrected chi connectivity index (χ2v) is 8.86. The summed E-state index contributed by atoms with van der Waals surface area (Å²) in [6.45, 7) is 1.51. The summed E-state index contributed by atoms with van der Waals surface area (Å²) in [5.41, 5.74) is 2.72. The Kier molecular flexibility index (Phi) is 7.31. The molecule has 1 aromatic rings. The van der Waals surface area contributed by atoms with Gasteiger partial charge in [0.1, 0.15) is 0 Å². The molecule has 3 rings (SSSR count). The van der Waals surface area contributed by atoms with Crippen molar-refractivity contribution in [1.29, 1.82) is 0 Å². The average Bonchev–Trinajstić information content (AvgIpc) is 2.73. The van der Waals surface area contributed by atoms with Crippen molar-refractivity contribution >= 4 is 11.8 Å². The Labute approximate surface area is 194 Å². The third-order valence-electron chi connectivity index (χ3n) is 5.95. The number of likely N-dealkylation sites (tertiary alicyclic amines) is 1. The predicted octanol–water partition coefficient (Wildman–Crippen LogP) is 3.01. The Balaban J connectivity index is 1.79. The van der Waals surface area contributed by atoms with Gasteiger partial charge in [-0.25, -0.2) is 9.97 Å². The van der Waals surface area contributed by atoms with Crippen LogP contribution in [0.4, 0.5) is 35.1 Å². The lowest BCUT2D eigenvalue weighted by atomic mass is 9.98. The summed E-state index contributed by atoms with van der Waals surface area (Å²) in [6.07, 6.45) is -11.3. The minimum absolute atomic E-state index is 0.0711. The molecule has 2 atom stereocenters. The van der Waals surface area contributed by atoms with Gasteiger partial charge in [0.2, 0.25) is 17.6 Å². The van der Waals surface area contributed by atoms with Crippen molar-refractivity contribution in [2.75, 3.05) is 19.6 Å². The number of carbonyl (C=O) groups excluding carboxylic acids is 2. The molecule has 0 bridgehead atoms. The van der Waals surface area contributed by atoms with Crippen molar-refractivity contribution in [1.82, 2.24) is 19.8 Å². The van der Waals surface area contributed by atoms with Crippen molar-refractivity contribution in [2.45, 2.75) is 63.5 Å². The molecule has 35 heavy (non-hydrogen) atoms. The zero-order valence-corrected chi connectivity index (χ0v) is 18.5. The van der Waals surface area contributed by atoms with Crippen LogP contribution in [0.1, 0.15) is 49.0 Å². The lowest BCUT2D eigenvalue weighted by molar-refractivity contribution is -0.293. The van der Waals surface area contributed by atoms with Crippen LogP contribution in [0.3, 0.4) is 0 Å². The number of nitrogens with zero attached hydrogens (tertiary/aromatic N) is 4. The highest BCUT2D eigenvalue weighted by Crippen LogP contribution is 2.44. The van der Waals surface area contributed by atoms with E-state index >= 15 is 0 Å². The molecule has 0 radical (unpaired) electrons. The standard InChI is InChI=1S/C20H23F8N5O2/c1-10-2-3-14(34)33(7-10)8-11(29)6-15(35)32-5-4-12-13(9-32)30-17(18(21,22)20(26,27)28)31-16(12)19(23,24)25/h10-11H,2-9,29H2,1H3/t10-,11+/m1/s1. The number of aromatic nitrogens is 2. The zero-order valence-electron chi connectivity index (χ0n) is 18.5. The van der Waals surface area contributed by atoms with E-state index < -0.39 is 66.0 Å². The third-order valence-corrected chi connectivity index (χ3v) is 5.95. The van der Waals surface area contributed by atoms with E-state index in [4.69, 9.17) is 5.73 Å². The highest BCUT2D eigenvalue weighted by molar-refractivity contribution is 5.78. The molecule has 2 aliphatic rings. The number of nitrogens with two attached hydrogens (primary N) is 1. The molecule has 1 saturated heterocycles. The van der Waals surface area contributed by atoms with E-state index in [1.807, 2.05) is 6.92 Å². The quantitative estimate of drug-likeness (QED) is 0.607. The summed E-state index contributed by atoms with van der Waals surface area (Å²) in [5, 5.41) is 0. The van der Waals surface area contributed by atoms with Gasteiger partial charge in [0.05, 0.1) is 12.2 Å². The highest BCUT2D eigenvalue weighted by atomic mass is 19.4. The van der Waals surface area contributed by atoms with E-state index in [-0.39, 0.29) is 31.3 Å². The largest absolute Gasteiger partial charge is 0.461 e. The number of carbonyl (C=O) groups is 2. The molecule has 2 N–H and O–H groups in total. The van der Waals surface area contributed by atoms with Crippen molar-refractivity contribution in [2.24, 2.45) is 11.7 Å². The van der Waals surface area contributed by atoms with Crippen LogP contribution < -0.4 is 5.73 Å². The number of halogens is 8. The Morgan fingerprint density at radius 3 is 2.37 bits per heavy atom. The SMILES string of the molecule is C[C@@H]1CCC(=O)N(C[C@@H](N)CC(=O)N2CCc3c(nc(C(F)(F)C(F)(F)F)nc3C(F)(F)F)C2)C1.